The first-order valence-corrected chi connectivity index (χ1v) is 5.09. The third kappa shape index (κ3) is 1.81. The number of aromatic nitrogens is 2. The molecule has 0 amide bonds. The molecule has 84 valence electrons. The molecule has 0 aliphatic carbocycles. The van der Waals surface area contributed by atoms with Gasteiger partial charge in [-0.15, -0.1) is 0 Å². The van der Waals surface area contributed by atoms with Crippen molar-refractivity contribution in [3.8, 4) is 11.3 Å². The van der Waals surface area contributed by atoms with Gasteiger partial charge in [-0.25, -0.2) is 4.39 Å². The second-order valence-corrected chi connectivity index (χ2v) is 3.76. The molecule has 1 N–H and O–H groups in total. The predicted octanol–water partition coefficient (Wildman–Crippen LogP) is 2.37. The molecule has 0 saturated heterocycles. The third-order valence-corrected chi connectivity index (χ3v) is 2.82. The van der Waals surface area contributed by atoms with Crippen LogP contribution >= 0.6 is 11.6 Å². The summed E-state index contributed by atoms with van der Waals surface area (Å²) in [5.41, 5.74) is 1.86. The average molecular weight is 241 g/mol. The van der Waals surface area contributed by atoms with E-state index in [1.54, 1.807) is 19.2 Å². The number of benzene rings is 1. The molecule has 0 radical (unpaired) electrons. The van der Waals surface area contributed by atoms with E-state index in [0.29, 0.717) is 16.4 Å². The minimum absolute atomic E-state index is 0.195. The van der Waals surface area contributed by atoms with Crippen molar-refractivity contribution in [3.63, 3.8) is 0 Å². The minimum Gasteiger partial charge on any atom is -0.391 e. The maximum atomic E-state index is 12.8. The van der Waals surface area contributed by atoms with Gasteiger partial charge >= 0.3 is 0 Å². The highest BCUT2D eigenvalue weighted by Gasteiger charge is 2.14. The fraction of sp³-hybridized carbons (Fsp3) is 0.182. The summed E-state index contributed by atoms with van der Waals surface area (Å²) in [6.45, 7) is -0.195. The summed E-state index contributed by atoms with van der Waals surface area (Å²) in [5.74, 6) is -0.309. The van der Waals surface area contributed by atoms with Gasteiger partial charge in [0.15, 0.2) is 0 Å². The van der Waals surface area contributed by atoms with Crippen molar-refractivity contribution in [2.24, 2.45) is 7.05 Å². The number of aryl methyl sites for hydroxylation is 1. The first kappa shape index (κ1) is 11.1. The summed E-state index contributed by atoms with van der Waals surface area (Å²) in [6.07, 6.45) is 0. The Bertz CT molecular complexity index is 507. The molecule has 0 saturated carbocycles. The molecule has 16 heavy (non-hydrogen) atoms. The molecular formula is C11H10ClFN2O. The molecule has 2 rings (SSSR count). The molecule has 1 aromatic carbocycles. The monoisotopic (exact) mass is 240 g/mol. The molecule has 3 nitrogen and oxygen atoms in total. The van der Waals surface area contributed by atoms with E-state index in [0.717, 1.165) is 5.56 Å². The predicted molar refractivity (Wildman–Crippen MR) is 59.5 cm³/mol. The van der Waals surface area contributed by atoms with Crippen LogP contribution < -0.4 is 0 Å². The molecule has 0 aliphatic heterocycles. The minimum atomic E-state index is -0.309. The van der Waals surface area contributed by atoms with Crippen molar-refractivity contribution in [2.75, 3.05) is 0 Å². The fourth-order valence-electron chi connectivity index (χ4n) is 1.53. The molecule has 2 aromatic rings. The highest BCUT2D eigenvalue weighted by atomic mass is 35.5. The van der Waals surface area contributed by atoms with Gasteiger partial charge in [-0.1, -0.05) is 11.6 Å². The van der Waals surface area contributed by atoms with E-state index < -0.39 is 0 Å². The summed E-state index contributed by atoms with van der Waals surface area (Å²) in [4.78, 5) is 0. The van der Waals surface area contributed by atoms with Gasteiger partial charge in [0, 0.05) is 18.2 Å². The van der Waals surface area contributed by atoms with Crippen LogP contribution in [-0.2, 0) is 13.7 Å². The highest BCUT2D eigenvalue weighted by Crippen LogP contribution is 2.28. The van der Waals surface area contributed by atoms with Gasteiger partial charge in [0.1, 0.15) is 11.0 Å². The van der Waals surface area contributed by atoms with Gasteiger partial charge in [0.2, 0.25) is 0 Å². The zero-order chi connectivity index (χ0) is 11.7. The smallest absolute Gasteiger partial charge is 0.132 e. The van der Waals surface area contributed by atoms with E-state index in [-0.39, 0.29) is 12.4 Å². The lowest BCUT2D eigenvalue weighted by Gasteiger charge is -1.99. The van der Waals surface area contributed by atoms with Gasteiger partial charge in [-0.05, 0) is 24.3 Å². The van der Waals surface area contributed by atoms with Crippen LogP contribution in [0.3, 0.4) is 0 Å². The molecule has 0 aliphatic rings. The molecule has 0 fully saturated rings. The van der Waals surface area contributed by atoms with Crippen LogP contribution in [0.1, 0.15) is 5.56 Å². The van der Waals surface area contributed by atoms with E-state index in [9.17, 15) is 9.50 Å². The second kappa shape index (κ2) is 4.23. The van der Waals surface area contributed by atoms with Crippen LogP contribution in [0.25, 0.3) is 11.3 Å². The number of hydrogen-bond donors (Lipinski definition) is 1. The molecule has 1 heterocycles. The summed E-state index contributed by atoms with van der Waals surface area (Å²) < 4.78 is 14.2. The Kier molecular flexibility index (Phi) is 2.94. The molecule has 0 unspecified atom stereocenters. The SMILES string of the molecule is Cn1nc(-c2ccc(F)cc2)c(CO)c1Cl. The second-order valence-electron chi connectivity index (χ2n) is 3.41. The molecule has 5 heteroatoms. The van der Waals surface area contributed by atoms with Crippen molar-refractivity contribution in [1.82, 2.24) is 9.78 Å². The lowest BCUT2D eigenvalue weighted by Crippen LogP contribution is -1.89. The molecule has 0 bridgehead atoms. The van der Waals surface area contributed by atoms with Crippen molar-refractivity contribution in [2.45, 2.75) is 6.61 Å². The van der Waals surface area contributed by atoms with Gasteiger partial charge in [-0.3, -0.25) is 4.68 Å². The van der Waals surface area contributed by atoms with Crippen molar-refractivity contribution in [3.05, 3.63) is 40.8 Å². The summed E-state index contributed by atoms with van der Waals surface area (Å²) >= 11 is 5.96. The van der Waals surface area contributed by atoms with Crippen LogP contribution in [0.5, 0.6) is 0 Å². The quantitative estimate of drug-likeness (QED) is 0.875. The van der Waals surface area contributed by atoms with Crippen LogP contribution in [0.15, 0.2) is 24.3 Å². The van der Waals surface area contributed by atoms with Gasteiger partial charge < -0.3 is 5.11 Å². The Balaban J connectivity index is 2.55. The van der Waals surface area contributed by atoms with Crippen molar-refractivity contribution < 1.29 is 9.50 Å². The molecule has 1 aromatic heterocycles. The normalized spacial score (nSPS) is 10.8. The van der Waals surface area contributed by atoms with Gasteiger partial charge in [0.05, 0.1) is 12.3 Å². The van der Waals surface area contributed by atoms with E-state index in [1.165, 1.54) is 16.8 Å². The molecule has 0 spiro atoms. The first-order valence-electron chi connectivity index (χ1n) is 4.71. The fourth-order valence-corrected chi connectivity index (χ4v) is 1.71. The van der Waals surface area contributed by atoms with Crippen LogP contribution in [-0.4, -0.2) is 14.9 Å². The summed E-state index contributed by atoms with van der Waals surface area (Å²) in [5, 5.41) is 13.8. The Labute approximate surface area is 97.1 Å². The largest absolute Gasteiger partial charge is 0.391 e. The van der Waals surface area contributed by atoms with Crippen LogP contribution in [0, 0.1) is 5.82 Å². The first-order chi connectivity index (χ1) is 7.63. The lowest BCUT2D eigenvalue weighted by molar-refractivity contribution is 0.282. The number of aliphatic hydroxyl groups is 1. The number of hydrogen-bond acceptors (Lipinski definition) is 2. The van der Waals surface area contributed by atoms with Crippen molar-refractivity contribution in [1.29, 1.82) is 0 Å². The average Bonchev–Trinajstić information content (AvgIpc) is 2.56. The third-order valence-electron chi connectivity index (χ3n) is 2.34. The highest BCUT2D eigenvalue weighted by molar-refractivity contribution is 6.30. The Hall–Kier alpha value is -1.39. The lowest BCUT2D eigenvalue weighted by atomic mass is 10.1. The van der Waals surface area contributed by atoms with E-state index in [4.69, 9.17) is 11.6 Å². The maximum Gasteiger partial charge on any atom is 0.132 e. The van der Waals surface area contributed by atoms with Crippen molar-refractivity contribution >= 4 is 11.6 Å². The topological polar surface area (TPSA) is 38.0 Å². The van der Waals surface area contributed by atoms with Gasteiger partial charge in [-0.2, -0.15) is 5.10 Å². The number of halogens is 2. The summed E-state index contributed by atoms with van der Waals surface area (Å²) in [7, 11) is 1.69. The molecule has 0 atom stereocenters. The number of nitrogens with zero attached hydrogens (tertiary/aromatic N) is 2. The van der Waals surface area contributed by atoms with Gasteiger partial charge in [0.25, 0.3) is 0 Å². The van der Waals surface area contributed by atoms with Crippen LogP contribution in [0.2, 0.25) is 5.15 Å². The standard InChI is InChI=1S/C11H10ClFN2O/c1-15-11(12)9(6-16)10(14-15)7-2-4-8(13)5-3-7/h2-5,16H,6H2,1H3. The Morgan fingerprint density at radius 3 is 2.56 bits per heavy atom. The Morgan fingerprint density at radius 2 is 2.00 bits per heavy atom. The zero-order valence-electron chi connectivity index (χ0n) is 8.61. The summed E-state index contributed by atoms with van der Waals surface area (Å²) in [6, 6.07) is 5.90. The number of rotatable bonds is 2. The zero-order valence-corrected chi connectivity index (χ0v) is 9.37. The van der Waals surface area contributed by atoms with E-state index in [2.05, 4.69) is 5.10 Å². The number of aliphatic hydroxyl groups excluding tert-OH is 1. The Morgan fingerprint density at radius 1 is 1.38 bits per heavy atom. The van der Waals surface area contributed by atoms with E-state index in [1.807, 2.05) is 0 Å². The molecular weight excluding hydrogens is 231 g/mol. The van der Waals surface area contributed by atoms with E-state index >= 15 is 0 Å². The van der Waals surface area contributed by atoms with Crippen LogP contribution in [0.4, 0.5) is 4.39 Å². The maximum absolute atomic E-state index is 12.8.